The van der Waals surface area contributed by atoms with Gasteiger partial charge in [-0.05, 0) is 19.7 Å². The van der Waals surface area contributed by atoms with Crippen molar-refractivity contribution in [2.45, 2.75) is 5.75 Å². The van der Waals surface area contributed by atoms with Crippen molar-refractivity contribution in [3.8, 4) is 0 Å². The van der Waals surface area contributed by atoms with Crippen molar-refractivity contribution in [1.82, 2.24) is 4.31 Å². The fourth-order valence-corrected chi connectivity index (χ4v) is 1.38. The van der Waals surface area contributed by atoms with E-state index in [0.29, 0.717) is 0 Å². The van der Waals surface area contributed by atoms with Crippen LogP contribution in [0.4, 0.5) is 0 Å². The molecule has 0 radical (unpaired) electrons. The summed E-state index contributed by atoms with van der Waals surface area (Å²) in [6, 6.07) is 10.5. The standard InChI is InChI=1S/C9H13NS/c1-10(2)11-8-9-6-4-3-5-7-9/h3-7H,8H2,1-2H3. The van der Waals surface area contributed by atoms with Gasteiger partial charge in [-0.1, -0.05) is 42.3 Å². The molecule has 0 amide bonds. The summed E-state index contributed by atoms with van der Waals surface area (Å²) in [5.74, 6) is 1.06. The summed E-state index contributed by atoms with van der Waals surface area (Å²) in [6.07, 6.45) is 0. The van der Waals surface area contributed by atoms with Gasteiger partial charge in [-0.25, -0.2) is 0 Å². The van der Waals surface area contributed by atoms with E-state index in [4.69, 9.17) is 0 Å². The first-order chi connectivity index (χ1) is 5.29. The van der Waals surface area contributed by atoms with Gasteiger partial charge >= 0.3 is 0 Å². The molecule has 1 aromatic carbocycles. The maximum Gasteiger partial charge on any atom is 0.0332 e. The van der Waals surface area contributed by atoms with Crippen LogP contribution in [0, 0.1) is 0 Å². The Morgan fingerprint density at radius 1 is 1.18 bits per heavy atom. The molecule has 11 heavy (non-hydrogen) atoms. The first-order valence-electron chi connectivity index (χ1n) is 3.63. The van der Waals surface area contributed by atoms with E-state index in [0.717, 1.165) is 5.75 Å². The molecule has 0 aliphatic carbocycles. The Morgan fingerprint density at radius 3 is 2.36 bits per heavy atom. The molecule has 0 aromatic heterocycles. The Morgan fingerprint density at radius 2 is 1.82 bits per heavy atom. The number of hydrogen-bond acceptors (Lipinski definition) is 2. The Kier molecular flexibility index (Phi) is 3.46. The topological polar surface area (TPSA) is 3.24 Å². The molecule has 0 saturated heterocycles. The lowest BCUT2D eigenvalue weighted by Gasteiger charge is -2.07. The van der Waals surface area contributed by atoms with Crippen molar-refractivity contribution in [2.75, 3.05) is 14.1 Å². The van der Waals surface area contributed by atoms with Crippen molar-refractivity contribution < 1.29 is 0 Å². The lowest BCUT2D eigenvalue weighted by Crippen LogP contribution is -1.99. The SMILES string of the molecule is CN(C)SCc1ccccc1. The molecule has 0 unspecified atom stereocenters. The van der Waals surface area contributed by atoms with Gasteiger partial charge in [-0.3, -0.25) is 4.31 Å². The molecule has 0 aliphatic heterocycles. The van der Waals surface area contributed by atoms with Crippen LogP contribution in [0.25, 0.3) is 0 Å². The zero-order chi connectivity index (χ0) is 8.10. The van der Waals surface area contributed by atoms with Crippen LogP contribution < -0.4 is 0 Å². The van der Waals surface area contributed by atoms with Crippen molar-refractivity contribution in [1.29, 1.82) is 0 Å². The van der Waals surface area contributed by atoms with Crippen LogP contribution in [0.1, 0.15) is 5.56 Å². The van der Waals surface area contributed by atoms with Crippen molar-refractivity contribution >= 4 is 11.9 Å². The van der Waals surface area contributed by atoms with E-state index in [1.54, 1.807) is 0 Å². The summed E-state index contributed by atoms with van der Waals surface area (Å²) in [7, 11) is 4.13. The molecular weight excluding hydrogens is 154 g/mol. The first-order valence-corrected chi connectivity index (χ1v) is 4.57. The predicted molar refractivity (Wildman–Crippen MR) is 51.4 cm³/mol. The molecule has 1 aromatic rings. The fraction of sp³-hybridized carbons (Fsp3) is 0.333. The molecule has 1 nitrogen and oxygen atoms in total. The fourth-order valence-electron chi connectivity index (χ4n) is 0.778. The van der Waals surface area contributed by atoms with E-state index >= 15 is 0 Å². The second-order valence-corrected chi connectivity index (χ2v) is 3.85. The molecule has 0 bridgehead atoms. The van der Waals surface area contributed by atoms with Crippen LogP contribution in [0.2, 0.25) is 0 Å². The van der Waals surface area contributed by atoms with E-state index in [9.17, 15) is 0 Å². The normalized spacial score (nSPS) is 10.5. The molecule has 0 fully saturated rings. The molecule has 0 heterocycles. The van der Waals surface area contributed by atoms with Crippen molar-refractivity contribution in [2.24, 2.45) is 0 Å². The van der Waals surface area contributed by atoms with E-state index in [2.05, 4.69) is 42.7 Å². The Balaban J connectivity index is 2.39. The monoisotopic (exact) mass is 167 g/mol. The molecule has 2 heteroatoms. The molecule has 0 saturated carbocycles. The highest BCUT2D eigenvalue weighted by Crippen LogP contribution is 2.12. The minimum Gasteiger partial charge on any atom is -0.256 e. The quantitative estimate of drug-likeness (QED) is 0.636. The number of benzene rings is 1. The highest BCUT2D eigenvalue weighted by atomic mass is 32.2. The van der Waals surface area contributed by atoms with Crippen LogP contribution in [0.5, 0.6) is 0 Å². The third kappa shape index (κ3) is 3.44. The summed E-state index contributed by atoms with van der Waals surface area (Å²) in [4.78, 5) is 0. The van der Waals surface area contributed by atoms with Crippen molar-refractivity contribution in [3.63, 3.8) is 0 Å². The molecule has 0 N–H and O–H groups in total. The summed E-state index contributed by atoms with van der Waals surface area (Å²) in [6.45, 7) is 0. The number of nitrogens with zero attached hydrogens (tertiary/aromatic N) is 1. The molecule has 1 rings (SSSR count). The van der Waals surface area contributed by atoms with E-state index in [-0.39, 0.29) is 0 Å². The first kappa shape index (κ1) is 8.62. The van der Waals surface area contributed by atoms with Gasteiger partial charge < -0.3 is 0 Å². The number of hydrogen-bond donors (Lipinski definition) is 0. The van der Waals surface area contributed by atoms with E-state index in [1.807, 2.05) is 18.0 Å². The lowest BCUT2D eigenvalue weighted by atomic mass is 10.2. The average molecular weight is 167 g/mol. The minimum atomic E-state index is 1.06. The zero-order valence-corrected chi connectivity index (χ0v) is 7.77. The molecule has 0 atom stereocenters. The van der Waals surface area contributed by atoms with Gasteiger partial charge in [0.2, 0.25) is 0 Å². The second-order valence-electron chi connectivity index (χ2n) is 2.57. The summed E-state index contributed by atoms with van der Waals surface area (Å²) in [5, 5.41) is 0. The predicted octanol–water partition coefficient (Wildman–Crippen LogP) is 2.40. The maximum atomic E-state index is 2.15. The Hall–Kier alpha value is -0.470. The third-order valence-electron chi connectivity index (χ3n) is 1.33. The molecule has 60 valence electrons. The third-order valence-corrected chi connectivity index (χ3v) is 2.31. The van der Waals surface area contributed by atoms with E-state index in [1.165, 1.54) is 5.56 Å². The molecular formula is C9H13NS. The van der Waals surface area contributed by atoms with Crippen LogP contribution in [-0.4, -0.2) is 18.4 Å². The van der Waals surface area contributed by atoms with Crippen LogP contribution in [-0.2, 0) is 5.75 Å². The maximum absolute atomic E-state index is 2.15. The molecule has 0 spiro atoms. The Labute approximate surface area is 72.5 Å². The van der Waals surface area contributed by atoms with Gasteiger partial charge in [0.05, 0.1) is 0 Å². The van der Waals surface area contributed by atoms with Crippen LogP contribution in [0.15, 0.2) is 30.3 Å². The summed E-state index contributed by atoms with van der Waals surface area (Å²) in [5.41, 5.74) is 1.38. The van der Waals surface area contributed by atoms with Crippen LogP contribution >= 0.6 is 11.9 Å². The van der Waals surface area contributed by atoms with Gasteiger partial charge in [0, 0.05) is 5.75 Å². The van der Waals surface area contributed by atoms with Crippen LogP contribution in [0.3, 0.4) is 0 Å². The van der Waals surface area contributed by atoms with Gasteiger partial charge in [0.15, 0.2) is 0 Å². The highest BCUT2D eigenvalue weighted by molar-refractivity contribution is 7.96. The van der Waals surface area contributed by atoms with Gasteiger partial charge in [-0.2, -0.15) is 0 Å². The van der Waals surface area contributed by atoms with E-state index < -0.39 is 0 Å². The van der Waals surface area contributed by atoms with Gasteiger partial charge in [0.25, 0.3) is 0 Å². The summed E-state index contributed by atoms with van der Waals surface area (Å²) >= 11 is 1.82. The lowest BCUT2D eigenvalue weighted by molar-refractivity contribution is 0.702. The van der Waals surface area contributed by atoms with Gasteiger partial charge in [0.1, 0.15) is 0 Å². The minimum absolute atomic E-state index is 1.06. The zero-order valence-electron chi connectivity index (χ0n) is 6.95. The van der Waals surface area contributed by atoms with Gasteiger partial charge in [-0.15, -0.1) is 0 Å². The highest BCUT2D eigenvalue weighted by Gasteiger charge is 1.92. The Bertz CT molecular complexity index is 196. The summed E-state index contributed by atoms with van der Waals surface area (Å²) < 4.78 is 2.12. The second kappa shape index (κ2) is 4.42. The largest absolute Gasteiger partial charge is 0.256 e. The smallest absolute Gasteiger partial charge is 0.0332 e. The molecule has 0 aliphatic rings. The van der Waals surface area contributed by atoms with Crippen molar-refractivity contribution in [3.05, 3.63) is 35.9 Å². The number of rotatable bonds is 3. The average Bonchev–Trinajstić information content (AvgIpc) is 2.03.